The second-order valence-electron chi connectivity index (χ2n) is 5.09. The van der Waals surface area contributed by atoms with Crippen LogP contribution in [0.3, 0.4) is 0 Å². The monoisotopic (exact) mass is 380 g/mol. The van der Waals surface area contributed by atoms with Crippen molar-refractivity contribution in [1.82, 2.24) is 0 Å². The number of alkyl halides is 6. The molecule has 10 heteroatoms. The van der Waals surface area contributed by atoms with Crippen LogP contribution in [0.5, 0.6) is 5.75 Å². The molecule has 0 amide bonds. The molecule has 0 aliphatic carbocycles. The molecule has 0 unspecified atom stereocenters. The maximum atomic E-state index is 12.9. The van der Waals surface area contributed by atoms with Gasteiger partial charge in [0.15, 0.2) is 0 Å². The van der Waals surface area contributed by atoms with E-state index in [4.69, 9.17) is 0 Å². The van der Waals surface area contributed by atoms with Crippen molar-refractivity contribution >= 4 is 5.97 Å². The van der Waals surface area contributed by atoms with Crippen LogP contribution in [0.4, 0.5) is 26.3 Å². The van der Waals surface area contributed by atoms with E-state index >= 15 is 0 Å². The minimum absolute atomic E-state index is 0.0929. The van der Waals surface area contributed by atoms with Gasteiger partial charge in [-0.1, -0.05) is 6.07 Å². The number of carboxylic acid groups (broad SMARTS) is 1. The van der Waals surface area contributed by atoms with E-state index in [2.05, 4.69) is 4.74 Å². The maximum Gasteiger partial charge on any atom is 0.573 e. The Labute approximate surface area is 142 Å². The minimum atomic E-state index is -5.07. The molecule has 140 valence electrons. The van der Waals surface area contributed by atoms with Crippen molar-refractivity contribution in [1.29, 1.82) is 0 Å². The summed E-state index contributed by atoms with van der Waals surface area (Å²) in [5.74, 6) is -2.38. The molecule has 0 aliphatic rings. The summed E-state index contributed by atoms with van der Waals surface area (Å²) in [6, 6.07) is 4.32. The summed E-state index contributed by atoms with van der Waals surface area (Å²) < 4.78 is 79.6. The number of rotatable bonds is 4. The molecular formula is C16H10F6O4. The third kappa shape index (κ3) is 4.45. The lowest BCUT2D eigenvalue weighted by Crippen LogP contribution is -2.17. The molecule has 0 radical (unpaired) electrons. The fraction of sp³-hybridized carbons (Fsp3) is 0.188. The van der Waals surface area contributed by atoms with Gasteiger partial charge in [0, 0.05) is 5.56 Å². The van der Waals surface area contributed by atoms with E-state index < -0.39 is 47.6 Å². The molecule has 0 fully saturated rings. The van der Waals surface area contributed by atoms with Crippen molar-refractivity contribution in [3.8, 4) is 16.9 Å². The summed E-state index contributed by atoms with van der Waals surface area (Å²) in [7, 11) is 0. The van der Waals surface area contributed by atoms with E-state index in [0.29, 0.717) is 18.2 Å². The van der Waals surface area contributed by atoms with Crippen LogP contribution in [0.2, 0.25) is 0 Å². The molecule has 0 saturated carbocycles. The van der Waals surface area contributed by atoms with Crippen molar-refractivity contribution in [2.24, 2.45) is 0 Å². The number of hydrogen-bond acceptors (Lipinski definition) is 3. The second-order valence-corrected chi connectivity index (χ2v) is 5.09. The lowest BCUT2D eigenvalue weighted by Gasteiger charge is -2.16. The summed E-state index contributed by atoms with van der Waals surface area (Å²) in [6.07, 6.45) is -9.85. The molecular weight excluding hydrogens is 370 g/mol. The van der Waals surface area contributed by atoms with Gasteiger partial charge in [0.05, 0.1) is 17.7 Å². The Morgan fingerprint density at radius 3 is 2.12 bits per heavy atom. The number of aromatic carboxylic acids is 1. The van der Waals surface area contributed by atoms with Gasteiger partial charge in [0.1, 0.15) is 5.75 Å². The fourth-order valence-corrected chi connectivity index (χ4v) is 2.27. The predicted octanol–water partition coefficient (Wildman–Crippen LogP) is 4.46. The van der Waals surface area contributed by atoms with Crippen LogP contribution in [0, 0.1) is 0 Å². The Hall–Kier alpha value is -2.75. The second kappa shape index (κ2) is 6.87. The van der Waals surface area contributed by atoms with Gasteiger partial charge in [0.25, 0.3) is 0 Å². The van der Waals surface area contributed by atoms with Crippen molar-refractivity contribution < 1.29 is 46.1 Å². The van der Waals surface area contributed by atoms with E-state index in [0.717, 1.165) is 18.2 Å². The zero-order valence-electron chi connectivity index (χ0n) is 12.6. The normalized spacial score (nSPS) is 12.1. The third-order valence-corrected chi connectivity index (χ3v) is 3.35. The van der Waals surface area contributed by atoms with Gasteiger partial charge in [-0.15, -0.1) is 13.2 Å². The van der Waals surface area contributed by atoms with Crippen molar-refractivity contribution in [2.45, 2.75) is 19.1 Å². The van der Waals surface area contributed by atoms with Crippen LogP contribution in [0.25, 0.3) is 11.1 Å². The SMILES string of the molecule is O=C(O)c1ccc(OC(F)(F)F)cc1-c1cc(C(F)(F)F)ccc1CO. The molecule has 2 N–H and O–H groups in total. The molecule has 0 spiro atoms. The molecule has 0 saturated heterocycles. The first-order valence-electron chi connectivity index (χ1n) is 6.87. The molecule has 26 heavy (non-hydrogen) atoms. The van der Waals surface area contributed by atoms with Gasteiger partial charge >= 0.3 is 18.5 Å². The Morgan fingerprint density at radius 2 is 1.62 bits per heavy atom. The third-order valence-electron chi connectivity index (χ3n) is 3.35. The largest absolute Gasteiger partial charge is 0.573 e. The molecule has 0 atom stereocenters. The molecule has 2 aromatic rings. The summed E-state index contributed by atoms with van der Waals surface area (Å²) >= 11 is 0. The smallest absolute Gasteiger partial charge is 0.478 e. The van der Waals surface area contributed by atoms with Crippen LogP contribution >= 0.6 is 0 Å². The predicted molar refractivity (Wildman–Crippen MR) is 76.4 cm³/mol. The number of aliphatic hydroxyl groups excluding tert-OH is 1. The maximum absolute atomic E-state index is 12.9. The molecule has 0 heterocycles. The number of ether oxygens (including phenoxy) is 1. The number of aliphatic hydroxyl groups is 1. The van der Waals surface area contributed by atoms with E-state index in [-0.39, 0.29) is 11.1 Å². The lowest BCUT2D eigenvalue weighted by atomic mass is 9.93. The number of hydrogen-bond donors (Lipinski definition) is 2. The van der Waals surface area contributed by atoms with Gasteiger partial charge in [-0.3, -0.25) is 0 Å². The van der Waals surface area contributed by atoms with Gasteiger partial charge in [-0.05, 0) is 41.5 Å². The Bertz CT molecular complexity index is 826. The topological polar surface area (TPSA) is 66.8 Å². The van der Waals surface area contributed by atoms with Crippen LogP contribution in [-0.4, -0.2) is 22.5 Å². The zero-order valence-corrected chi connectivity index (χ0v) is 12.6. The molecule has 0 aliphatic heterocycles. The van der Waals surface area contributed by atoms with Crippen molar-refractivity contribution in [3.05, 3.63) is 53.1 Å². The van der Waals surface area contributed by atoms with E-state index in [1.54, 1.807) is 0 Å². The Morgan fingerprint density at radius 1 is 0.962 bits per heavy atom. The standard InChI is InChI=1S/C16H10F6O4/c17-15(18,19)9-2-1-8(7-23)12(5-9)13-6-10(26-16(20,21)22)3-4-11(13)14(24)25/h1-6,23H,7H2,(H,24,25). The average Bonchev–Trinajstić information content (AvgIpc) is 2.51. The number of carbonyl (C=O) groups is 1. The summed E-state index contributed by atoms with van der Waals surface area (Å²) in [5.41, 5.74) is -2.61. The highest BCUT2D eigenvalue weighted by Gasteiger charge is 2.33. The highest BCUT2D eigenvalue weighted by Crippen LogP contribution is 2.37. The Kier molecular flexibility index (Phi) is 5.17. The first-order valence-corrected chi connectivity index (χ1v) is 6.87. The van der Waals surface area contributed by atoms with Crippen molar-refractivity contribution in [2.75, 3.05) is 0 Å². The lowest BCUT2D eigenvalue weighted by molar-refractivity contribution is -0.274. The van der Waals surface area contributed by atoms with E-state index in [9.17, 15) is 41.4 Å². The van der Waals surface area contributed by atoms with Gasteiger partial charge < -0.3 is 14.9 Å². The first-order chi connectivity index (χ1) is 11.9. The summed E-state index contributed by atoms with van der Waals surface area (Å²) in [6.45, 7) is -0.753. The molecule has 4 nitrogen and oxygen atoms in total. The molecule has 2 aromatic carbocycles. The average molecular weight is 380 g/mol. The van der Waals surface area contributed by atoms with E-state index in [1.807, 2.05) is 0 Å². The summed E-state index contributed by atoms with van der Waals surface area (Å²) in [4.78, 5) is 11.3. The molecule has 0 aromatic heterocycles. The quantitative estimate of drug-likeness (QED) is 0.769. The van der Waals surface area contributed by atoms with Crippen LogP contribution in [0.15, 0.2) is 36.4 Å². The number of halogens is 6. The minimum Gasteiger partial charge on any atom is -0.478 e. The van der Waals surface area contributed by atoms with Gasteiger partial charge in [0.2, 0.25) is 0 Å². The zero-order chi connectivity index (χ0) is 19.7. The van der Waals surface area contributed by atoms with Crippen LogP contribution in [0.1, 0.15) is 21.5 Å². The first kappa shape index (κ1) is 19.6. The van der Waals surface area contributed by atoms with Crippen LogP contribution in [-0.2, 0) is 12.8 Å². The highest BCUT2D eigenvalue weighted by molar-refractivity contribution is 5.97. The fourth-order valence-electron chi connectivity index (χ4n) is 2.27. The number of benzene rings is 2. The number of carboxylic acids is 1. The van der Waals surface area contributed by atoms with E-state index in [1.165, 1.54) is 0 Å². The summed E-state index contributed by atoms with van der Waals surface area (Å²) in [5, 5.41) is 18.5. The Balaban J connectivity index is 2.72. The van der Waals surface area contributed by atoms with Crippen molar-refractivity contribution in [3.63, 3.8) is 0 Å². The highest BCUT2D eigenvalue weighted by atomic mass is 19.4. The molecule has 2 rings (SSSR count). The van der Waals surface area contributed by atoms with Gasteiger partial charge in [-0.25, -0.2) is 4.79 Å². The molecule has 0 bridgehead atoms. The van der Waals surface area contributed by atoms with Crippen LogP contribution < -0.4 is 4.74 Å². The van der Waals surface area contributed by atoms with Gasteiger partial charge in [-0.2, -0.15) is 13.2 Å².